The average molecular weight is 265 g/mol. The molecule has 0 atom stereocenters. The first-order chi connectivity index (χ1) is 8.20. The first-order valence-corrected chi connectivity index (χ1v) is 4.95. The molecule has 1 aromatic rings. The zero-order valence-corrected chi connectivity index (χ0v) is 9.40. The third kappa shape index (κ3) is 3.82. The SMILES string of the molecule is Cc1ncc([N+](=O)[O-])n1CC(=O)CCC(F)(F)F. The molecule has 0 amide bonds. The molecule has 100 valence electrons. The van der Waals surface area contributed by atoms with Crippen molar-refractivity contribution in [2.45, 2.75) is 32.5 Å². The van der Waals surface area contributed by atoms with Crippen molar-refractivity contribution in [2.75, 3.05) is 0 Å². The lowest BCUT2D eigenvalue weighted by Crippen LogP contribution is -2.16. The lowest BCUT2D eigenvalue weighted by atomic mass is 10.2. The summed E-state index contributed by atoms with van der Waals surface area (Å²) >= 11 is 0. The molecule has 18 heavy (non-hydrogen) atoms. The topological polar surface area (TPSA) is 78.0 Å². The van der Waals surface area contributed by atoms with Gasteiger partial charge in [-0.3, -0.25) is 4.79 Å². The van der Waals surface area contributed by atoms with E-state index < -0.39 is 42.1 Å². The summed E-state index contributed by atoms with van der Waals surface area (Å²) in [4.78, 5) is 24.8. The van der Waals surface area contributed by atoms with E-state index in [-0.39, 0.29) is 5.82 Å². The average Bonchev–Trinajstić information content (AvgIpc) is 2.57. The number of nitro groups is 1. The molecule has 0 saturated carbocycles. The van der Waals surface area contributed by atoms with E-state index in [1.165, 1.54) is 6.92 Å². The molecule has 6 nitrogen and oxygen atoms in total. The third-order valence-electron chi connectivity index (χ3n) is 2.24. The Kier molecular flexibility index (Phi) is 4.04. The Morgan fingerprint density at radius 1 is 1.56 bits per heavy atom. The predicted octanol–water partition coefficient (Wildman–Crippen LogP) is 2.01. The highest BCUT2D eigenvalue weighted by molar-refractivity contribution is 5.78. The maximum Gasteiger partial charge on any atom is 0.389 e. The van der Waals surface area contributed by atoms with Crippen LogP contribution in [0.15, 0.2) is 6.20 Å². The fourth-order valence-electron chi connectivity index (χ4n) is 1.33. The van der Waals surface area contributed by atoms with Gasteiger partial charge in [-0.15, -0.1) is 0 Å². The Labute approximate surface area is 99.6 Å². The van der Waals surface area contributed by atoms with Gasteiger partial charge in [-0.2, -0.15) is 13.2 Å². The predicted molar refractivity (Wildman–Crippen MR) is 53.9 cm³/mol. The summed E-state index contributed by atoms with van der Waals surface area (Å²) in [6, 6.07) is 0. The summed E-state index contributed by atoms with van der Waals surface area (Å²) in [5.74, 6) is -0.925. The molecule has 1 heterocycles. The summed E-state index contributed by atoms with van der Waals surface area (Å²) < 4.78 is 36.7. The molecular formula is C9H10F3N3O3. The minimum absolute atomic E-state index is 0.210. The summed E-state index contributed by atoms with van der Waals surface area (Å²) in [7, 11) is 0. The van der Waals surface area contributed by atoms with Crippen LogP contribution in [0.25, 0.3) is 0 Å². The van der Waals surface area contributed by atoms with Crippen LogP contribution >= 0.6 is 0 Å². The van der Waals surface area contributed by atoms with Crippen LogP contribution in [0, 0.1) is 17.0 Å². The van der Waals surface area contributed by atoms with Gasteiger partial charge in [0.1, 0.15) is 6.20 Å². The van der Waals surface area contributed by atoms with Crippen LogP contribution in [-0.2, 0) is 11.3 Å². The lowest BCUT2D eigenvalue weighted by molar-refractivity contribution is -0.392. The van der Waals surface area contributed by atoms with Crippen LogP contribution < -0.4 is 0 Å². The maximum absolute atomic E-state index is 11.9. The van der Waals surface area contributed by atoms with Crippen LogP contribution in [0.5, 0.6) is 0 Å². The molecule has 0 aliphatic heterocycles. The minimum Gasteiger partial charge on any atom is -0.358 e. The second-order valence-electron chi connectivity index (χ2n) is 3.66. The molecule has 0 unspecified atom stereocenters. The summed E-state index contributed by atoms with van der Waals surface area (Å²) in [6.07, 6.45) is -5.37. The van der Waals surface area contributed by atoms with E-state index in [9.17, 15) is 28.1 Å². The van der Waals surface area contributed by atoms with Gasteiger partial charge in [0.05, 0.1) is 6.42 Å². The molecule has 0 aliphatic carbocycles. The zero-order chi connectivity index (χ0) is 13.9. The van der Waals surface area contributed by atoms with Crippen molar-refractivity contribution in [1.82, 2.24) is 9.55 Å². The largest absolute Gasteiger partial charge is 0.389 e. The normalized spacial score (nSPS) is 11.6. The number of Topliss-reactive ketones (excluding diaryl/α,β-unsaturated/α-hetero) is 1. The fraction of sp³-hybridized carbons (Fsp3) is 0.556. The Balaban J connectivity index is 2.70. The first kappa shape index (κ1) is 14.1. The van der Waals surface area contributed by atoms with Gasteiger partial charge in [0.15, 0.2) is 18.2 Å². The Bertz CT molecular complexity index is 467. The number of hydrogen-bond acceptors (Lipinski definition) is 4. The Morgan fingerprint density at radius 2 is 2.17 bits per heavy atom. The van der Waals surface area contributed by atoms with Crippen molar-refractivity contribution in [3.05, 3.63) is 22.1 Å². The van der Waals surface area contributed by atoms with E-state index in [1.807, 2.05) is 0 Å². The van der Waals surface area contributed by atoms with Gasteiger partial charge in [-0.25, -0.2) is 9.55 Å². The highest BCUT2D eigenvalue weighted by atomic mass is 19.4. The molecule has 0 radical (unpaired) electrons. The molecule has 0 spiro atoms. The van der Waals surface area contributed by atoms with Crippen LogP contribution in [0.4, 0.5) is 19.0 Å². The van der Waals surface area contributed by atoms with Gasteiger partial charge >= 0.3 is 12.0 Å². The molecule has 0 aliphatic rings. The number of carbonyl (C=O) groups excluding carboxylic acids is 1. The van der Waals surface area contributed by atoms with Crippen molar-refractivity contribution in [2.24, 2.45) is 0 Å². The van der Waals surface area contributed by atoms with E-state index in [2.05, 4.69) is 4.98 Å². The standard InChI is InChI=1S/C9H10F3N3O3/c1-6-13-4-8(15(17)18)14(6)5-7(16)2-3-9(10,11)12/h4H,2-3,5H2,1H3. The summed E-state index contributed by atoms with van der Waals surface area (Å²) in [6.45, 7) is 0.961. The molecular weight excluding hydrogens is 255 g/mol. The number of carbonyl (C=O) groups is 1. The van der Waals surface area contributed by atoms with Crippen molar-refractivity contribution >= 4 is 11.6 Å². The van der Waals surface area contributed by atoms with Crippen LogP contribution in [0.1, 0.15) is 18.7 Å². The number of halogens is 3. The molecule has 0 N–H and O–H groups in total. The number of imidazole rings is 1. The molecule has 1 aromatic heterocycles. The Morgan fingerprint density at radius 3 is 2.67 bits per heavy atom. The van der Waals surface area contributed by atoms with E-state index in [1.54, 1.807) is 0 Å². The monoisotopic (exact) mass is 265 g/mol. The number of rotatable bonds is 5. The first-order valence-electron chi connectivity index (χ1n) is 4.95. The van der Waals surface area contributed by atoms with Crippen molar-refractivity contribution < 1.29 is 22.9 Å². The van der Waals surface area contributed by atoms with Gasteiger partial charge in [-0.05, 0) is 4.92 Å². The highest BCUT2D eigenvalue weighted by Gasteiger charge is 2.29. The van der Waals surface area contributed by atoms with Crippen molar-refractivity contribution in [3.8, 4) is 0 Å². The van der Waals surface area contributed by atoms with E-state index in [4.69, 9.17) is 0 Å². The summed E-state index contributed by atoms with van der Waals surface area (Å²) in [5.41, 5.74) is 0. The van der Waals surface area contributed by atoms with Gasteiger partial charge in [-0.1, -0.05) is 0 Å². The van der Waals surface area contributed by atoms with Crippen LogP contribution in [0.2, 0.25) is 0 Å². The highest BCUT2D eigenvalue weighted by Crippen LogP contribution is 2.22. The van der Waals surface area contributed by atoms with E-state index >= 15 is 0 Å². The number of hydrogen-bond donors (Lipinski definition) is 0. The smallest absolute Gasteiger partial charge is 0.358 e. The van der Waals surface area contributed by atoms with E-state index in [0.717, 1.165) is 10.8 Å². The van der Waals surface area contributed by atoms with Crippen LogP contribution in [0.3, 0.4) is 0 Å². The molecule has 0 saturated heterocycles. The van der Waals surface area contributed by atoms with Crippen molar-refractivity contribution in [1.29, 1.82) is 0 Å². The Hall–Kier alpha value is -1.93. The van der Waals surface area contributed by atoms with Crippen LogP contribution in [-0.4, -0.2) is 26.4 Å². The molecule has 1 rings (SSSR count). The molecule has 0 bridgehead atoms. The molecule has 0 aromatic carbocycles. The number of alkyl halides is 3. The second-order valence-corrected chi connectivity index (χ2v) is 3.66. The zero-order valence-electron chi connectivity index (χ0n) is 9.40. The van der Waals surface area contributed by atoms with Gasteiger partial charge < -0.3 is 10.1 Å². The fourth-order valence-corrected chi connectivity index (χ4v) is 1.33. The summed E-state index contributed by atoms with van der Waals surface area (Å²) in [5, 5.41) is 10.6. The van der Waals surface area contributed by atoms with E-state index in [0.29, 0.717) is 0 Å². The quantitative estimate of drug-likeness (QED) is 0.602. The van der Waals surface area contributed by atoms with Gasteiger partial charge in [0, 0.05) is 13.3 Å². The number of aryl methyl sites for hydroxylation is 1. The van der Waals surface area contributed by atoms with Crippen molar-refractivity contribution in [3.63, 3.8) is 0 Å². The molecule has 9 heteroatoms. The number of aromatic nitrogens is 2. The van der Waals surface area contributed by atoms with Gasteiger partial charge in [0.2, 0.25) is 0 Å². The number of ketones is 1. The lowest BCUT2D eigenvalue weighted by Gasteiger charge is -2.05. The third-order valence-corrected chi connectivity index (χ3v) is 2.24. The minimum atomic E-state index is -4.41. The second kappa shape index (κ2) is 5.15. The number of nitrogens with zero attached hydrogens (tertiary/aromatic N) is 3. The maximum atomic E-state index is 11.9. The van der Waals surface area contributed by atoms with Gasteiger partial charge in [0.25, 0.3) is 0 Å². The molecule has 0 fully saturated rings.